The third kappa shape index (κ3) is 4.37. The van der Waals surface area contributed by atoms with Crippen molar-refractivity contribution in [3.05, 3.63) is 35.3 Å². The van der Waals surface area contributed by atoms with Crippen LogP contribution in [0.1, 0.15) is 25.8 Å². The van der Waals surface area contributed by atoms with E-state index in [0.717, 1.165) is 15.2 Å². The van der Waals surface area contributed by atoms with Crippen LogP contribution in [-0.2, 0) is 4.79 Å². The molecular formula is C16H20N2O2S. The van der Waals surface area contributed by atoms with Gasteiger partial charge in [-0.25, -0.2) is 4.98 Å². The standard InChI is InChI=1S/C16H20N2O2S/c1-16(2,3)13(19)10-17-14(20)8-9-15-18-11-6-4-5-7-12(11)21-15/h4-9,13,19H,10H2,1-3H3,(H,17,20)/b9-8+. The maximum Gasteiger partial charge on any atom is 0.244 e. The van der Waals surface area contributed by atoms with Crippen molar-refractivity contribution in [3.8, 4) is 0 Å². The maximum absolute atomic E-state index is 11.7. The van der Waals surface area contributed by atoms with Gasteiger partial charge in [-0.3, -0.25) is 4.79 Å². The molecule has 4 nitrogen and oxygen atoms in total. The summed E-state index contributed by atoms with van der Waals surface area (Å²) >= 11 is 1.54. The lowest BCUT2D eigenvalue weighted by molar-refractivity contribution is -0.117. The molecule has 1 atom stereocenters. The van der Waals surface area contributed by atoms with E-state index in [2.05, 4.69) is 10.3 Å². The van der Waals surface area contributed by atoms with Crippen LogP contribution in [0.5, 0.6) is 0 Å². The van der Waals surface area contributed by atoms with Crippen LogP contribution in [0, 0.1) is 5.41 Å². The minimum atomic E-state index is -0.572. The Labute approximate surface area is 128 Å². The van der Waals surface area contributed by atoms with E-state index in [9.17, 15) is 9.90 Å². The molecule has 0 aliphatic rings. The van der Waals surface area contributed by atoms with Crippen LogP contribution in [-0.4, -0.2) is 28.6 Å². The highest BCUT2D eigenvalue weighted by Crippen LogP contribution is 2.22. The number of para-hydroxylation sites is 1. The van der Waals surface area contributed by atoms with Gasteiger partial charge >= 0.3 is 0 Å². The number of hydrogen-bond acceptors (Lipinski definition) is 4. The molecule has 21 heavy (non-hydrogen) atoms. The van der Waals surface area contributed by atoms with Crippen molar-refractivity contribution in [2.75, 3.05) is 6.54 Å². The maximum atomic E-state index is 11.7. The van der Waals surface area contributed by atoms with Crippen LogP contribution in [0.4, 0.5) is 0 Å². The Bertz CT molecular complexity index is 623. The molecule has 0 radical (unpaired) electrons. The minimum Gasteiger partial charge on any atom is -0.391 e. The smallest absolute Gasteiger partial charge is 0.244 e. The number of benzene rings is 1. The molecule has 0 saturated carbocycles. The fourth-order valence-electron chi connectivity index (χ4n) is 1.67. The summed E-state index contributed by atoms with van der Waals surface area (Å²) in [6.07, 6.45) is 2.58. The Morgan fingerprint density at radius 3 is 2.81 bits per heavy atom. The zero-order valence-electron chi connectivity index (χ0n) is 12.5. The summed E-state index contributed by atoms with van der Waals surface area (Å²) in [5.41, 5.74) is 0.690. The average Bonchev–Trinajstić information content (AvgIpc) is 2.84. The van der Waals surface area contributed by atoms with Crippen molar-refractivity contribution in [1.29, 1.82) is 0 Å². The SMILES string of the molecule is CC(C)(C)C(O)CNC(=O)/C=C/c1nc2ccccc2s1. The number of aromatic nitrogens is 1. The summed E-state index contributed by atoms with van der Waals surface area (Å²) in [7, 11) is 0. The molecule has 1 amide bonds. The molecule has 2 N–H and O–H groups in total. The molecule has 1 heterocycles. The van der Waals surface area contributed by atoms with E-state index < -0.39 is 6.10 Å². The van der Waals surface area contributed by atoms with E-state index in [1.165, 1.54) is 6.08 Å². The van der Waals surface area contributed by atoms with Crippen molar-refractivity contribution >= 4 is 33.5 Å². The second-order valence-electron chi connectivity index (χ2n) is 5.98. The predicted molar refractivity (Wildman–Crippen MR) is 87.1 cm³/mol. The van der Waals surface area contributed by atoms with Crippen molar-refractivity contribution in [3.63, 3.8) is 0 Å². The van der Waals surface area contributed by atoms with E-state index in [1.807, 2.05) is 45.0 Å². The number of hydrogen-bond donors (Lipinski definition) is 2. The minimum absolute atomic E-state index is 0.224. The number of rotatable bonds is 4. The van der Waals surface area contributed by atoms with Gasteiger partial charge in [0.1, 0.15) is 5.01 Å². The van der Waals surface area contributed by atoms with Gasteiger partial charge in [0.05, 0.1) is 16.3 Å². The number of fused-ring (bicyclic) bond motifs is 1. The van der Waals surface area contributed by atoms with Crippen LogP contribution in [0.25, 0.3) is 16.3 Å². The highest BCUT2D eigenvalue weighted by Gasteiger charge is 2.21. The first-order chi connectivity index (χ1) is 9.86. The highest BCUT2D eigenvalue weighted by atomic mass is 32.1. The number of nitrogens with one attached hydrogen (secondary N) is 1. The van der Waals surface area contributed by atoms with E-state index in [0.29, 0.717) is 0 Å². The summed E-state index contributed by atoms with van der Waals surface area (Å²) in [5, 5.41) is 13.4. The second-order valence-corrected chi connectivity index (χ2v) is 7.04. The Balaban J connectivity index is 1.93. The number of carbonyl (C=O) groups excluding carboxylic acids is 1. The molecule has 0 saturated heterocycles. The molecule has 112 valence electrons. The molecule has 0 aliphatic heterocycles. The lowest BCUT2D eigenvalue weighted by Gasteiger charge is -2.25. The Morgan fingerprint density at radius 1 is 1.43 bits per heavy atom. The number of aliphatic hydroxyl groups excluding tert-OH is 1. The topological polar surface area (TPSA) is 62.2 Å². The fourth-order valence-corrected chi connectivity index (χ4v) is 2.54. The molecule has 0 aliphatic carbocycles. The quantitative estimate of drug-likeness (QED) is 0.854. The molecule has 1 aromatic carbocycles. The van der Waals surface area contributed by atoms with Crippen molar-refractivity contribution in [2.45, 2.75) is 26.9 Å². The Morgan fingerprint density at radius 2 is 2.14 bits per heavy atom. The van der Waals surface area contributed by atoms with Gasteiger partial charge in [-0.15, -0.1) is 11.3 Å². The van der Waals surface area contributed by atoms with Crippen LogP contribution in [0.15, 0.2) is 30.3 Å². The van der Waals surface area contributed by atoms with Gasteiger partial charge in [-0.2, -0.15) is 0 Å². The first-order valence-electron chi connectivity index (χ1n) is 6.86. The largest absolute Gasteiger partial charge is 0.391 e. The number of amides is 1. The molecule has 2 rings (SSSR count). The van der Waals surface area contributed by atoms with E-state index in [-0.39, 0.29) is 17.9 Å². The zero-order valence-corrected chi connectivity index (χ0v) is 13.3. The third-order valence-electron chi connectivity index (χ3n) is 3.16. The number of nitrogens with zero attached hydrogens (tertiary/aromatic N) is 1. The average molecular weight is 304 g/mol. The van der Waals surface area contributed by atoms with E-state index in [1.54, 1.807) is 17.4 Å². The van der Waals surface area contributed by atoms with Crippen molar-refractivity contribution < 1.29 is 9.90 Å². The molecule has 0 spiro atoms. The van der Waals surface area contributed by atoms with E-state index >= 15 is 0 Å². The summed E-state index contributed by atoms with van der Waals surface area (Å²) in [5.74, 6) is -0.224. The lowest BCUT2D eigenvalue weighted by Crippen LogP contribution is -2.38. The molecule has 5 heteroatoms. The van der Waals surface area contributed by atoms with Gasteiger partial charge in [0, 0.05) is 12.6 Å². The molecular weight excluding hydrogens is 284 g/mol. The first-order valence-corrected chi connectivity index (χ1v) is 7.67. The summed E-state index contributed by atoms with van der Waals surface area (Å²) in [4.78, 5) is 16.2. The van der Waals surface area contributed by atoms with Crippen LogP contribution in [0.2, 0.25) is 0 Å². The monoisotopic (exact) mass is 304 g/mol. The van der Waals surface area contributed by atoms with Crippen LogP contribution >= 0.6 is 11.3 Å². The summed E-state index contributed by atoms with van der Waals surface area (Å²) in [6.45, 7) is 6.04. The molecule has 1 aromatic heterocycles. The van der Waals surface area contributed by atoms with Crippen molar-refractivity contribution in [1.82, 2.24) is 10.3 Å². The number of aliphatic hydroxyl groups is 1. The normalized spacial score (nSPS) is 13.7. The Hall–Kier alpha value is -1.72. The first kappa shape index (κ1) is 15.7. The van der Waals surface area contributed by atoms with Crippen LogP contribution < -0.4 is 5.32 Å². The van der Waals surface area contributed by atoms with E-state index in [4.69, 9.17) is 0 Å². The Kier molecular flexibility index (Phi) is 4.75. The van der Waals surface area contributed by atoms with Crippen LogP contribution in [0.3, 0.4) is 0 Å². The number of thiazole rings is 1. The van der Waals surface area contributed by atoms with Gasteiger partial charge < -0.3 is 10.4 Å². The summed E-state index contributed by atoms with van der Waals surface area (Å²) in [6, 6.07) is 7.86. The number of carbonyl (C=O) groups is 1. The fraction of sp³-hybridized carbons (Fsp3) is 0.375. The highest BCUT2D eigenvalue weighted by molar-refractivity contribution is 7.19. The van der Waals surface area contributed by atoms with Gasteiger partial charge in [-0.1, -0.05) is 32.9 Å². The molecule has 2 aromatic rings. The van der Waals surface area contributed by atoms with Gasteiger partial charge in [0.2, 0.25) is 5.91 Å². The predicted octanol–water partition coefficient (Wildman–Crippen LogP) is 2.83. The van der Waals surface area contributed by atoms with Crippen molar-refractivity contribution in [2.24, 2.45) is 5.41 Å². The summed E-state index contributed by atoms with van der Waals surface area (Å²) < 4.78 is 1.10. The van der Waals surface area contributed by atoms with Gasteiger partial charge in [0.25, 0.3) is 0 Å². The lowest BCUT2D eigenvalue weighted by atomic mass is 9.89. The zero-order chi connectivity index (χ0) is 15.5. The third-order valence-corrected chi connectivity index (χ3v) is 4.16. The van der Waals surface area contributed by atoms with Gasteiger partial charge in [0.15, 0.2) is 0 Å². The molecule has 0 bridgehead atoms. The molecule has 1 unspecified atom stereocenters. The molecule has 0 fully saturated rings. The van der Waals surface area contributed by atoms with Gasteiger partial charge in [-0.05, 0) is 23.6 Å². The second kappa shape index (κ2) is 6.37.